The summed E-state index contributed by atoms with van der Waals surface area (Å²) >= 11 is 0. The van der Waals surface area contributed by atoms with Crippen LogP contribution in [0.15, 0.2) is 24.3 Å². The minimum atomic E-state index is -1.75. The number of fused-ring (bicyclic) bond motifs is 3. The van der Waals surface area contributed by atoms with E-state index in [0.29, 0.717) is 0 Å². The Balaban J connectivity index is 1.86. The number of aliphatic hydroxyl groups excluding tert-OH is 1. The molecule has 2 aromatic rings. The molecule has 1 unspecified atom stereocenters. The molecule has 0 radical (unpaired) electrons. The van der Waals surface area contributed by atoms with Crippen molar-refractivity contribution in [1.82, 2.24) is 5.32 Å². The van der Waals surface area contributed by atoms with Crippen LogP contribution in [0.5, 0.6) is 11.5 Å². The van der Waals surface area contributed by atoms with E-state index in [9.17, 15) is 34.8 Å². The van der Waals surface area contributed by atoms with E-state index in [0.717, 1.165) is 0 Å². The smallest absolute Gasteiger partial charge is 0.406 e. The number of ether oxygens (including phenoxy) is 1. The van der Waals surface area contributed by atoms with Crippen LogP contribution in [0.2, 0.25) is 0 Å². The van der Waals surface area contributed by atoms with Gasteiger partial charge in [0.05, 0.1) is 17.2 Å². The average Bonchev–Trinajstić information content (AvgIpc) is 2.72. The second-order valence-electron chi connectivity index (χ2n) is 7.49. The fourth-order valence-electron chi connectivity index (χ4n) is 4.17. The number of phenolic OH excluding ortho intramolecular Hbond substituents is 2. The number of hydrogen-bond acceptors (Lipinski definition) is 8. The van der Waals surface area contributed by atoms with Gasteiger partial charge in [-0.2, -0.15) is 0 Å². The molecule has 0 bridgehead atoms. The van der Waals surface area contributed by atoms with Crippen LogP contribution in [-0.2, 0) is 11.2 Å². The number of rotatable bonds is 2. The van der Waals surface area contributed by atoms with Gasteiger partial charge in [-0.3, -0.25) is 9.59 Å². The number of alkyl carbamates (subject to hydrolysis) is 1. The second kappa shape index (κ2) is 6.82. The molecule has 4 rings (SSSR count). The van der Waals surface area contributed by atoms with Gasteiger partial charge >= 0.3 is 6.09 Å². The van der Waals surface area contributed by atoms with Gasteiger partial charge in [0.15, 0.2) is 11.6 Å². The van der Waals surface area contributed by atoms with Gasteiger partial charge in [-0.25, -0.2) is 4.79 Å². The highest BCUT2D eigenvalue weighted by Crippen LogP contribution is 2.50. The van der Waals surface area contributed by atoms with E-state index in [4.69, 9.17) is 4.74 Å². The van der Waals surface area contributed by atoms with Crippen molar-refractivity contribution < 1.29 is 39.5 Å². The lowest BCUT2D eigenvalue weighted by molar-refractivity contribution is -0.0628. The Morgan fingerprint density at radius 3 is 2.27 bits per heavy atom. The topological polar surface area (TPSA) is 153 Å². The normalized spacial score (nSPS) is 22.0. The number of benzene rings is 2. The third-order valence-electron chi connectivity index (χ3n) is 5.55. The zero-order valence-corrected chi connectivity index (χ0v) is 15.9. The van der Waals surface area contributed by atoms with Crippen LogP contribution < -0.4 is 5.32 Å². The average molecular weight is 413 g/mol. The van der Waals surface area contributed by atoms with Crippen molar-refractivity contribution in [2.75, 3.05) is 13.7 Å². The number of phenols is 2. The Morgan fingerprint density at radius 2 is 1.70 bits per heavy atom. The molecule has 0 spiro atoms. The van der Waals surface area contributed by atoms with Crippen LogP contribution in [0.1, 0.15) is 55.5 Å². The van der Waals surface area contributed by atoms with Gasteiger partial charge in [0.2, 0.25) is 0 Å². The first kappa shape index (κ1) is 19.9. The molecule has 0 saturated heterocycles. The van der Waals surface area contributed by atoms with E-state index in [2.05, 4.69) is 5.32 Å². The fourth-order valence-corrected chi connectivity index (χ4v) is 4.17. The molecule has 0 heterocycles. The SMILES string of the molecule is CNC(=O)OCC1(O)Cc2c(O)c3c(c(O)c2[C@@H](O)C1)C(=O)c1ccccc1C3=O. The molecule has 0 aliphatic heterocycles. The third-order valence-corrected chi connectivity index (χ3v) is 5.55. The first-order valence-corrected chi connectivity index (χ1v) is 9.22. The van der Waals surface area contributed by atoms with Crippen molar-refractivity contribution in [3.05, 3.63) is 57.6 Å². The van der Waals surface area contributed by atoms with Gasteiger partial charge < -0.3 is 30.5 Å². The van der Waals surface area contributed by atoms with Crippen LogP contribution in [0.3, 0.4) is 0 Å². The maximum Gasteiger partial charge on any atom is 0.406 e. The first-order chi connectivity index (χ1) is 14.2. The van der Waals surface area contributed by atoms with E-state index in [1.54, 1.807) is 12.1 Å². The molecular weight excluding hydrogens is 394 g/mol. The Bertz CT molecular complexity index is 1110. The van der Waals surface area contributed by atoms with Crippen LogP contribution >= 0.6 is 0 Å². The summed E-state index contributed by atoms with van der Waals surface area (Å²) in [7, 11) is 1.34. The largest absolute Gasteiger partial charge is 0.507 e. The highest BCUT2D eigenvalue weighted by molar-refractivity contribution is 6.30. The standard InChI is InChI=1S/C21H19NO8/c1-22-20(28)30-8-21(29)6-11-13(12(23)7-21)19(27)15-14(18(11)26)16(24)9-4-2-3-5-10(9)17(15)25/h2-5,12,23,26-27,29H,6-8H2,1H3,(H,22,28)/t12-,21?/m0/s1. The Hall–Kier alpha value is -3.43. The molecule has 9 heteroatoms. The maximum atomic E-state index is 13.0. The minimum absolute atomic E-state index is 0.0754. The molecule has 2 atom stereocenters. The van der Waals surface area contributed by atoms with Gasteiger partial charge in [-0.15, -0.1) is 0 Å². The van der Waals surface area contributed by atoms with Crippen LogP contribution in [-0.4, -0.2) is 57.3 Å². The van der Waals surface area contributed by atoms with Crippen molar-refractivity contribution in [3.8, 4) is 11.5 Å². The maximum absolute atomic E-state index is 13.0. The predicted molar refractivity (Wildman–Crippen MR) is 102 cm³/mol. The second-order valence-corrected chi connectivity index (χ2v) is 7.49. The summed E-state index contributed by atoms with van der Waals surface area (Å²) in [5, 5.41) is 45.3. The van der Waals surface area contributed by atoms with E-state index in [-0.39, 0.29) is 46.2 Å². The minimum Gasteiger partial charge on any atom is -0.507 e. The molecule has 0 aromatic heterocycles. The molecule has 2 aromatic carbocycles. The Kier molecular flexibility index (Phi) is 4.52. The number of carbonyl (C=O) groups is 3. The number of hydrogen-bond donors (Lipinski definition) is 5. The highest BCUT2D eigenvalue weighted by Gasteiger charge is 2.45. The summed E-state index contributed by atoms with van der Waals surface area (Å²) in [4.78, 5) is 37.3. The lowest BCUT2D eigenvalue weighted by atomic mass is 9.73. The van der Waals surface area contributed by atoms with Crippen molar-refractivity contribution in [1.29, 1.82) is 0 Å². The number of carbonyl (C=O) groups excluding carboxylic acids is 3. The molecule has 5 N–H and O–H groups in total. The summed E-state index contributed by atoms with van der Waals surface area (Å²) in [6.45, 7) is -0.490. The number of amides is 1. The molecule has 1 amide bonds. The number of nitrogens with one attached hydrogen (secondary N) is 1. The van der Waals surface area contributed by atoms with Crippen molar-refractivity contribution in [3.63, 3.8) is 0 Å². The lowest BCUT2D eigenvalue weighted by Crippen LogP contribution is -2.43. The molecule has 30 heavy (non-hydrogen) atoms. The summed E-state index contributed by atoms with van der Waals surface area (Å²) in [6, 6.07) is 6.03. The van der Waals surface area contributed by atoms with E-state index >= 15 is 0 Å². The zero-order valence-electron chi connectivity index (χ0n) is 15.9. The quantitative estimate of drug-likeness (QED) is 0.389. The third kappa shape index (κ3) is 2.82. The Labute approximate surface area is 170 Å². The summed E-state index contributed by atoms with van der Waals surface area (Å²) in [5.41, 5.74) is -2.54. The molecule has 2 aliphatic rings. The predicted octanol–water partition coefficient (Wildman–Crippen LogP) is 0.940. The highest BCUT2D eigenvalue weighted by atomic mass is 16.6. The fraction of sp³-hybridized carbons (Fsp3) is 0.286. The van der Waals surface area contributed by atoms with Gasteiger partial charge in [0.1, 0.15) is 23.7 Å². The molecule has 0 fully saturated rings. The molecular formula is C21H19NO8. The van der Waals surface area contributed by atoms with E-state index < -0.39 is 47.5 Å². The Morgan fingerprint density at radius 1 is 1.13 bits per heavy atom. The summed E-state index contributed by atoms with van der Waals surface area (Å²) in [5.74, 6) is -2.50. The number of aliphatic hydroxyl groups is 2. The van der Waals surface area contributed by atoms with E-state index in [1.807, 2.05) is 0 Å². The van der Waals surface area contributed by atoms with Gasteiger partial charge in [0, 0.05) is 42.1 Å². The van der Waals surface area contributed by atoms with Gasteiger partial charge in [0.25, 0.3) is 0 Å². The van der Waals surface area contributed by atoms with Crippen LogP contribution in [0.4, 0.5) is 4.79 Å². The number of aromatic hydroxyl groups is 2. The first-order valence-electron chi connectivity index (χ1n) is 9.22. The van der Waals surface area contributed by atoms with Crippen molar-refractivity contribution in [2.24, 2.45) is 0 Å². The lowest BCUT2D eigenvalue weighted by Gasteiger charge is -2.37. The van der Waals surface area contributed by atoms with Gasteiger partial charge in [-0.05, 0) is 0 Å². The van der Waals surface area contributed by atoms with Crippen molar-refractivity contribution in [2.45, 2.75) is 24.5 Å². The van der Waals surface area contributed by atoms with Crippen LogP contribution in [0, 0.1) is 0 Å². The van der Waals surface area contributed by atoms with Gasteiger partial charge in [-0.1, -0.05) is 24.3 Å². The molecule has 0 saturated carbocycles. The summed E-state index contributed by atoms with van der Waals surface area (Å²) in [6.07, 6.45) is -2.89. The summed E-state index contributed by atoms with van der Waals surface area (Å²) < 4.78 is 4.89. The van der Waals surface area contributed by atoms with E-state index in [1.165, 1.54) is 19.2 Å². The number of ketones is 2. The molecule has 2 aliphatic carbocycles. The zero-order chi connectivity index (χ0) is 21.8. The molecule has 9 nitrogen and oxygen atoms in total. The van der Waals surface area contributed by atoms with Crippen molar-refractivity contribution >= 4 is 17.7 Å². The van der Waals surface area contributed by atoms with Crippen LogP contribution in [0.25, 0.3) is 0 Å². The monoisotopic (exact) mass is 413 g/mol. The molecule has 156 valence electrons.